The molecule has 4 nitrogen and oxygen atoms in total. The average Bonchev–Trinajstić information content (AvgIpc) is 2.66. The number of carbonyl (C=O) groups excluding carboxylic acids is 1. The molecule has 0 aliphatic rings. The molecule has 88 valence electrons. The van der Waals surface area contributed by atoms with Crippen LogP contribution in [0.4, 0.5) is 0 Å². The van der Waals surface area contributed by atoms with Gasteiger partial charge in [-0.25, -0.2) is 4.98 Å². The van der Waals surface area contributed by atoms with Crippen molar-refractivity contribution in [2.24, 2.45) is 5.73 Å². The Bertz CT molecular complexity index is 562. The smallest absolute Gasteiger partial charge is 0.227 e. The number of aromatic nitrogens is 2. The monoisotopic (exact) mass is 247 g/mol. The van der Waals surface area contributed by atoms with E-state index in [-0.39, 0.29) is 11.7 Å². The minimum absolute atomic E-state index is 0.237. The lowest BCUT2D eigenvalue weighted by atomic mass is 10.3. The van der Waals surface area contributed by atoms with Crippen molar-refractivity contribution >= 4 is 28.7 Å². The summed E-state index contributed by atoms with van der Waals surface area (Å²) in [4.78, 5) is 15.3. The maximum Gasteiger partial charge on any atom is 0.227 e. The fourth-order valence-corrected chi connectivity index (χ4v) is 2.37. The first-order valence-corrected chi connectivity index (χ1v) is 6.18. The maximum absolute atomic E-state index is 10.8. The highest BCUT2D eigenvalue weighted by Gasteiger charge is 2.10. The SMILES string of the molecule is C=CCn1c(SCC(N)=O)nc2ccccc21. The summed E-state index contributed by atoms with van der Waals surface area (Å²) >= 11 is 1.35. The second-order valence-corrected chi connectivity index (χ2v) is 4.48. The number of thioether (sulfide) groups is 1. The zero-order valence-electron chi connectivity index (χ0n) is 9.30. The van der Waals surface area contributed by atoms with Crippen molar-refractivity contribution in [1.29, 1.82) is 0 Å². The van der Waals surface area contributed by atoms with E-state index in [4.69, 9.17) is 5.73 Å². The van der Waals surface area contributed by atoms with Gasteiger partial charge in [-0.05, 0) is 12.1 Å². The highest BCUT2D eigenvalue weighted by Crippen LogP contribution is 2.23. The summed E-state index contributed by atoms with van der Waals surface area (Å²) in [7, 11) is 0. The summed E-state index contributed by atoms with van der Waals surface area (Å²) in [6.07, 6.45) is 1.81. The second kappa shape index (κ2) is 5.05. The van der Waals surface area contributed by atoms with Crippen molar-refractivity contribution in [1.82, 2.24) is 9.55 Å². The molecule has 0 spiro atoms. The van der Waals surface area contributed by atoms with Gasteiger partial charge in [0.2, 0.25) is 5.91 Å². The van der Waals surface area contributed by atoms with E-state index < -0.39 is 0 Å². The van der Waals surface area contributed by atoms with Crippen molar-refractivity contribution in [3.63, 3.8) is 0 Å². The third-order valence-corrected chi connectivity index (χ3v) is 3.27. The van der Waals surface area contributed by atoms with Gasteiger partial charge in [0.25, 0.3) is 0 Å². The van der Waals surface area contributed by atoms with Gasteiger partial charge in [0.05, 0.1) is 16.8 Å². The Morgan fingerprint density at radius 3 is 3.00 bits per heavy atom. The van der Waals surface area contributed by atoms with E-state index in [9.17, 15) is 4.79 Å². The number of amides is 1. The molecule has 0 saturated carbocycles. The van der Waals surface area contributed by atoms with Crippen LogP contribution in [-0.4, -0.2) is 21.2 Å². The summed E-state index contributed by atoms with van der Waals surface area (Å²) in [5.41, 5.74) is 7.10. The van der Waals surface area contributed by atoms with E-state index >= 15 is 0 Å². The average molecular weight is 247 g/mol. The lowest BCUT2D eigenvalue weighted by Crippen LogP contribution is -2.13. The number of hydrogen-bond acceptors (Lipinski definition) is 3. The Labute approximate surface area is 104 Å². The topological polar surface area (TPSA) is 60.9 Å². The van der Waals surface area contributed by atoms with Crippen LogP contribution in [0.2, 0.25) is 0 Å². The fraction of sp³-hybridized carbons (Fsp3) is 0.167. The zero-order valence-corrected chi connectivity index (χ0v) is 10.1. The molecule has 2 rings (SSSR count). The second-order valence-electron chi connectivity index (χ2n) is 3.54. The van der Waals surface area contributed by atoms with Gasteiger partial charge in [-0.15, -0.1) is 6.58 Å². The number of allylic oxidation sites excluding steroid dienone is 1. The normalized spacial score (nSPS) is 10.6. The van der Waals surface area contributed by atoms with Crippen LogP contribution < -0.4 is 5.73 Å². The van der Waals surface area contributed by atoms with Crippen LogP contribution in [0.5, 0.6) is 0 Å². The van der Waals surface area contributed by atoms with Gasteiger partial charge >= 0.3 is 0 Å². The zero-order chi connectivity index (χ0) is 12.3. The van der Waals surface area contributed by atoms with Crippen LogP contribution in [0.3, 0.4) is 0 Å². The van der Waals surface area contributed by atoms with Crippen LogP contribution in [0.25, 0.3) is 11.0 Å². The number of fused-ring (bicyclic) bond motifs is 1. The molecular formula is C12H13N3OS. The van der Waals surface area contributed by atoms with E-state index in [0.717, 1.165) is 16.2 Å². The molecule has 0 aliphatic heterocycles. The molecule has 0 fully saturated rings. The lowest BCUT2D eigenvalue weighted by Gasteiger charge is -2.04. The molecule has 17 heavy (non-hydrogen) atoms. The molecule has 5 heteroatoms. The van der Waals surface area contributed by atoms with E-state index in [1.54, 1.807) is 0 Å². The van der Waals surface area contributed by atoms with Gasteiger partial charge in [-0.2, -0.15) is 0 Å². The molecule has 2 aromatic rings. The first-order valence-electron chi connectivity index (χ1n) is 5.19. The molecule has 1 aromatic heterocycles. The predicted octanol–water partition coefficient (Wildman–Crippen LogP) is 1.80. The van der Waals surface area contributed by atoms with Gasteiger partial charge in [0.1, 0.15) is 0 Å². The van der Waals surface area contributed by atoms with Crippen molar-refractivity contribution in [3.8, 4) is 0 Å². The fourth-order valence-electron chi connectivity index (χ4n) is 1.60. The molecule has 0 unspecified atom stereocenters. The standard InChI is InChI=1S/C12H13N3OS/c1-2-7-15-10-6-4-3-5-9(10)14-12(15)17-8-11(13)16/h2-6H,1,7-8H2,(H2,13,16). The number of nitrogens with zero attached hydrogens (tertiary/aromatic N) is 2. The number of hydrogen-bond donors (Lipinski definition) is 1. The summed E-state index contributed by atoms with van der Waals surface area (Å²) in [5.74, 6) is -0.104. The maximum atomic E-state index is 10.8. The van der Waals surface area contributed by atoms with Crippen LogP contribution in [0, 0.1) is 0 Å². The molecular weight excluding hydrogens is 234 g/mol. The number of nitrogens with two attached hydrogens (primary N) is 1. The molecule has 0 atom stereocenters. The Balaban J connectivity index is 2.41. The van der Waals surface area contributed by atoms with Gasteiger partial charge in [0, 0.05) is 6.54 Å². The van der Waals surface area contributed by atoms with E-state index in [1.807, 2.05) is 34.9 Å². The van der Waals surface area contributed by atoms with Crippen molar-refractivity contribution < 1.29 is 4.79 Å². The van der Waals surface area contributed by atoms with Crippen LogP contribution in [0.15, 0.2) is 42.1 Å². The van der Waals surface area contributed by atoms with Crippen LogP contribution >= 0.6 is 11.8 Å². The van der Waals surface area contributed by atoms with Gasteiger partial charge in [0.15, 0.2) is 5.16 Å². The van der Waals surface area contributed by atoms with Gasteiger partial charge in [-0.1, -0.05) is 30.0 Å². The Morgan fingerprint density at radius 2 is 2.29 bits per heavy atom. The minimum Gasteiger partial charge on any atom is -0.369 e. The van der Waals surface area contributed by atoms with Crippen LogP contribution in [-0.2, 0) is 11.3 Å². The summed E-state index contributed by atoms with van der Waals surface area (Å²) < 4.78 is 2.02. The highest BCUT2D eigenvalue weighted by molar-refractivity contribution is 7.99. The number of carbonyl (C=O) groups is 1. The van der Waals surface area contributed by atoms with Crippen molar-refractivity contribution in [3.05, 3.63) is 36.9 Å². The number of rotatable bonds is 5. The van der Waals surface area contributed by atoms with E-state index in [2.05, 4.69) is 11.6 Å². The predicted molar refractivity (Wildman–Crippen MR) is 69.8 cm³/mol. The molecule has 1 aromatic carbocycles. The summed E-state index contributed by atoms with van der Waals surface area (Å²) in [6.45, 7) is 4.40. The first kappa shape index (κ1) is 11.7. The molecule has 2 N–H and O–H groups in total. The summed E-state index contributed by atoms with van der Waals surface area (Å²) in [6, 6.07) is 7.85. The van der Waals surface area contributed by atoms with Crippen molar-refractivity contribution in [2.45, 2.75) is 11.7 Å². The van der Waals surface area contributed by atoms with E-state index in [1.165, 1.54) is 11.8 Å². The summed E-state index contributed by atoms with van der Waals surface area (Å²) in [5, 5.41) is 0.796. The lowest BCUT2D eigenvalue weighted by molar-refractivity contribution is -0.115. The highest BCUT2D eigenvalue weighted by atomic mass is 32.2. The molecule has 0 saturated heterocycles. The molecule has 0 radical (unpaired) electrons. The molecule has 1 heterocycles. The minimum atomic E-state index is -0.341. The first-order chi connectivity index (χ1) is 8.22. The number of imidazole rings is 1. The van der Waals surface area contributed by atoms with Crippen LogP contribution in [0.1, 0.15) is 0 Å². The third-order valence-electron chi connectivity index (χ3n) is 2.27. The third kappa shape index (κ3) is 2.50. The van der Waals surface area contributed by atoms with Crippen molar-refractivity contribution in [2.75, 3.05) is 5.75 Å². The van der Waals surface area contributed by atoms with Gasteiger partial charge in [-0.3, -0.25) is 4.79 Å². The number of para-hydroxylation sites is 2. The molecule has 0 aliphatic carbocycles. The Kier molecular flexibility index (Phi) is 3.49. The Hall–Kier alpha value is -1.75. The molecule has 0 bridgehead atoms. The number of benzene rings is 1. The number of primary amides is 1. The Morgan fingerprint density at radius 1 is 1.53 bits per heavy atom. The van der Waals surface area contributed by atoms with Gasteiger partial charge < -0.3 is 10.3 Å². The van der Waals surface area contributed by atoms with E-state index in [0.29, 0.717) is 6.54 Å². The molecule has 1 amide bonds. The largest absolute Gasteiger partial charge is 0.369 e. The quantitative estimate of drug-likeness (QED) is 0.647.